The molecule has 0 saturated heterocycles. The fourth-order valence-corrected chi connectivity index (χ4v) is 9.25. The molecule has 0 spiro atoms. The van der Waals surface area contributed by atoms with Gasteiger partial charge in [-0.15, -0.1) is 0 Å². The molecule has 0 radical (unpaired) electrons. The molecular formula is C53H37NO. The average molecular weight is 704 g/mol. The van der Waals surface area contributed by atoms with Gasteiger partial charge < -0.3 is 9.32 Å². The molecular weight excluding hydrogens is 667 g/mol. The van der Waals surface area contributed by atoms with Crippen molar-refractivity contribution in [3.63, 3.8) is 0 Å². The molecule has 1 aromatic heterocycles. The van der Waals surface area contributed by atoms with Gasteiger partial charge in [0, 0.05) is 33.0 Å². The van der Waals surface area contributed by atoms with E-state index in [0.717, 1.165) is 50.1 Å². The van der Waals surface area contributed by atoms with E-state index in [4.69, 9.17) is 4.42 Å². The number of fused-ring (bicyclic) bond motifs is 8. The summed E-state index contributed by atoms with van der Waals surface area (Å²) in [5.41, 5.74) is 15.0. The van der Waals surface area contributed by atoms with Gasteiger partial charge in [-0.3, -0.25) is 0 Å². The lowest BCUT2D eigenvalue weighted by atomic mass is 9.82. The zero-order valence-corrected chi connectivity index (χ0v) is 30.8. The van der Waals surface area contributed by atoms with Crippen LogP contribution in [0.5, 0.6) is 0 Å². The Morgan fingerprint density at radius 1 is 0.418 bits per heavy atom. The topological polar surface area (TPSA) is 16.4 Å². The second-order valence-corrected chi connectivity index (χ2v) is 15.3. The fourth-order valence-electron chi connectivity index (χ4n) is 9.25. The van der Waals surface area contributed by atoms with Gasteiger partial charge in [0.05, 0.1) is 11.4 Å². The summed E-state index contributed by atoms with van der Waals surface area (Å²) in [6.07, 6.45) is 0. The maximum absolute atomic E-state index is 6.60. The van der Waals surface area contributed by atoms with Crippen molar-refractivity contribution in [2.75, 3.05) is 4.90 Å². The first-order valence-corrected chi connectivity index (χ1v) is 19.1. The van der Waals surface area contributed by atoms with E-state index in [0.29, 0.717) is 0 Å². The number of furan rings is 1. The molecule has 11 rings (SSSR count). The van der Waals surface area contributed by atoms with Crippen molar-refractivity contribution in [3.8, 4) is 33.4 Å². The summed E-state index contributed by atoms with van der Waals surface area (Å²) in [7, 11) is 0. The van der Waals surface area contributed by atoms with E-state index in [1.165, 1.54) is 54.9 Å². The van der Waals surface area contributed by atoms with Crippen molar-refractivity contribution in [2.24, 2.45) is 0 Å². The molecule has 260 valence electrons. The van der Waals surface area contributed by atoms with Gasteiger partial charge in [0.2, 0.25) is 0 Å². The third kappa shape index (κ3) is 4.81. The number of anilines is 3. The molecule has 0 amide bonds. The van der Waals surface area contributed by atoms with Crippen LogP contribution >= 0.6 is 0 Å². The summed E-state index contributed by atoms with van der Waals surface area (Å²) in [6, 6.07) is 68.5. The first kappa shape index (κ1) is 31.6. The van der Waals surface area contributed by atoms with E-state index < -0.39 is 0 Å². The highest BCUT2D eigenvalue weighted by molar-refractivity contribution is 6.17. The number of hydrogen-bond acceptors (Lipinski definition) is 2. The summed E-state index contributed by atoms with van der Waals surface area (Å²) in [6.45, 7) is 4.71. The van der Waals surface area contributed by atoms with Crippen LogP contribution in [0, 0.1) is 0 Å². The Hall–Kier alpha value is -6.90. The van der Waals surface area contributed by atoms with Gasteiger partial charge in [0.25, 0.3) is 0 Å². The van der Waals surface area contributed by atoms with Crippen LogP contribution in [0.25, 0.3) is 76.9 Å². The molecule has 0 bridgehead atoms. The first-order valence-electron chi connectivity index (χ1n) is 19.1. The molecule has 0 fully saturated rings. The molecule has 1 aliphatic carbocycles. The molecule has 0 atom stereocenters. The zero-order chi connectivity index (χ0) is 36.7. The minimum absolute atomic E-state index is 0.137. The predicted octanol–water partition coefficient (Wildman–Crippen LogP) is 15.0. The van der Waals surface area contributed by atoms with Crippen molar-refractivity contribution in [2.45, 2.75) is 19.3 Å². The van der Waals surface area contributed by atoms with Crippen LogP contribution in [0.15, 0.2) is 192 Å². The molecule has 1 heterocycles. The molecule has 0 saturated carbocycles. The van der Waals surface area contributed by atoms with Gasteiger partial charge in [-0.1, -0.05) is 159 Å². The van der Waals surface area contributed by atoms with E-state index >= 15 is 0 Å². The Labute approximate surface area is 320 Å². The van der Waals surface area contributed by atoms with Crippen LogP contribution in [0.3, 0.4) is 0 Å². The van der Waals surface area contributed by atoms with Gasteiger partial charge in [0.15, 0.2) is 0 Å². The van der Waals surface area contributed by atoms with E-state index in [1.807, 2.05) is 0 Å². The second-order valence-electron chi connectivity index (χ2n) is 15.3. The van der Waals surface area contributed by atoms with Crippen LogP contribution < -0.4 is 4.90 Å². The number of hydrogen-bond donors (Lipinski definition) is 0. The first-order chi connectivity index (χ1) is 27.0. The maximum atomic E-state index is 6.60. The number of rotatable bonds is 5. The standard InChI is InChI=1S/C53H37NO/c1-53(2)45-26-9-7-23-43(45)52-46(53)27-14-29-48(52)54(38-20-11-19-37(31-38)40-24-12-18-34-15-5-6-21-39(34)40)47-28-10-8-22-41(47)42-25-13-30-49-51(42)44-32-35-16-3-4-17-36(35)33-50(44)55-49/h3-33H,1-2H3. The van der Waals surface area contributed by atoms with E-state index in [9.17, 15) is 0 Å². The molecule has 10 aromatic rings. The molecule has 55 heavy (non-hydrogen) atoms. The molecule has 2 nitrogen and oxygen atoms in total. The molecule has 0 N–H and O–H groups in total. The van der Waals surface area contributed by atoms with Crippen molar-refractivity contribution in [1.29, 1.82) is 0 Å². The molecule has 0 aliphatic heterocycles. The van der Waals surface area contributed by atoms with Crippen LogP contribution in [-0.4, -0.2) is 0 Å². The van der Waals surface area contributed by atoms with E-state index in [1.54, 1.807) is 0 Å². The summed E-state index contributed by atoms with van der Waals surface area (Å²) >= 11 is 0. The average Bonchev–Trinajstić information content (AvgIpc) is 3.71. The zero-order valence-electron chi connectivity index (χ0n) is 30.8. The molecule has 0 unspecified atom stereocenters. The van der Waals surface area contributed by atoms with E-state index in [2.05, 4.69) is 207 Å². The fraction of sp³-hybridized carbons (Fsp3) is 0.0566. The largest absolute Gasteiger partial charge is 0.456 e. The second kappa shape index (κ2) is 12.1. The normalized spacial score (nSPS) is 13.1. The number of para-hydroxylation sites is 1. The molecule has 2 heteroatoms. The van der Waals surface area contributed by atoms with Gasteiger partial charge in [-0.05, 0) is 97.4 Å². The minimum atomic E-state index is -0.137. The summed E-state index contributed by atoms with van der Waals surface area (Å²) in [5, 5.41) is 7.12. The smallest absolute Gasteiger partial charge is 0.136 e. The maximum Gasteiger partial charge on any atom is 0.136 e. The highest BCUT2D eigenvalue weighted by Crippen LogP contribution is 2.55. The van der Waals surface area contributed by atoms with Crippen LogP contribution in [0.4, 0.5) is 17.1 Å². The SMILES string of the molecule is CC1(C)c2ccccc2-c2c(N(c3cccc(-c4cccc5ccccc45)c3)c3ccccc3-c3cccc4oc5cc6ccccc6cc5c34)cccc21. The van der Waals surface area contributed by atoms with Crippen LogP contribution in [0.2, 0.25) is 0 Å². The van der Waals surface area contributed by atoms with E-state index in [-0.39, 0.29) is 5.41 Å². The Bertz CT molecular complexity index is 3140. The van der Waals surface area contributed by atoms with Crippen molar-refractivity contribution in [3.05, 3.63) is 199 Å². The minimum Gasteiger partial charge on any atom is -0.456 e. The van der Waals surface area contributed by atoms with Gasteiger partial charge in [0.1, 0.15) is 11.2 Å². The summed E-state index contributed by atoms with van der Waals surface area (Å²) in [5.74, 6) is 0. The lowest BCUT2D eigenvalue weighted by molar-refractivity contribution is 0.660. The quantitative estimate of drug-likeness (QED) is 0.177. The van der Waals surface area contributed by atoms with Crippen molar-refractivity contribution < 1.29 is 4.42 Å². The Morgan fingerprint density at radius 3 is 1.93 bits per heavy atom. The summed E-state index contributed by atoms with van der Waals surface area (Å²) in [4.78, 5) is 2.50. The third-order valence-corrected chi connectivity index (χ3v) is 11.8. The predicted molar refractivity (Wildman–Crippen MR) is 232 cm³/mol. The highest BCUT2D eigenvalue weighted by atomic mass is 16.3. The van der Waals surface area contributed by atoms with Gasteiger partial charge in [-0.25, -0.2) is 0 Å². The van der Waals surface area contributed by atoms with Crippen molar-refractivity contribution in [1.82, 2.24) is 0 Å². The molecule has 1 aliphatic rings. The van der Waals surface area contributed by atoms with Crippen molar-refractivity contribution >= 4 is 60.5 Å². The molecule has 9 aromatic carbocycles. The third-order valence-electron chi connectivity index (χ3n) is 11.8. The van der Waals surface area contributed by atoms with Crippen LogP contribution in [-0.2, 0) is 5.41 Å². The monoisotopic (exact) mass is 703 g/mol. The van der Waals surface area contributed by atoms with Crippen LogP contribution in [0.1, 0.15) is 25.0 Å². The Kier molecular flexibility index (Phi) is 6.93. The summed E-state index contributed by atoms with van der Waals surface area (Å²) < 4.78 is 6.60. The lowest BCUT2D eigenvalue weighted by Gasteiger charge is -2.31. The van der Waals surface area contributed by atoms with Gasteiger partial charge in [-0.2, -0.15) is 0 Å². The Morgan fingerprint density at radius 2 is 1.04 bits per heavy atom. The Balaban J connectivity index is 1.20. The highest BCUT2D eigenvalue weighted by Gasteiger charge is 2.38. The number of benzene rings is 9. The lowest BCUT2D eigenvalue weighted by Crippen LogP contribution is -2.16. The van der Waals surface area contributed by atoms with Gasteiger partial charge >= 0.3 is 0 Å². The number of nitrogens with zero attached hydrogens (tertiary/aromatic N) is 1.